The molecule has 0 aromatic heterocycles. The summed E-state index contributed by atoms with van der Waals surface area (Å²) in [5.74, 6) is 0.161. The summed E-state index contributed by atoms with van der Waals surface area (Å²) in [5, 5.41) is 3.13. The molecular weight excluding hydrogens is 518 g/mol. The highest BCUT2D eigenvalue weighted by Crippen LogP contribution is 2.30. The average molecular weight is 554 g/mol. The summed E-state index contributed by atoms with van der Waals surface area (Å²) in [7, 11) is -0.874. The lowest BCUT2D eigenvalue weighted by atomic mass is 10.1. The molecule has 0 saturated heterocycles. The molecule has 0 radical (unpaired) electrons. The van der Waals surface area contributed by atoms with Gasteiger partial charge in [-0.2, -0.15) is 0 Å². The fourth-order valence-electron chi connectivity index (χ4n) is 3.72. The highest BCUT2D eigenvalue weighted by Gasteiger charge is 2.33. The van der Waals surface area contributed by atoms with Crippen LogP contribution in [0.25, 0.3) is 0 Å². The lowest BCUT2D eigenvalue weighted by molar-refractivity contribution is -0.141. The van der Waals surface area contributed by atoms with Gasteiger partial charge in [-0.1, -0.05) is 30.7 Å². The number of methoxy groups -OCH3 is 2. The zero-order chi connectivity index (χ0) is 28.0. The SMILES string of the molecule is CC[C@@H](C(=O)NC(C)(C)C)N(Cc1ccc(OC)cc1)C(=O)CN(c1ccc(OC)c(Cl)c1)S(C)(=O)=O. The molecule has 0 fully saturated rings. The van der Waals surface area contributed by atoms with Gasteiger partial charge in [0.1, 0.15) is 24.1 Å². The maximum Gasteiger partial charge on any atom is 0.244 e. The molecule has 204 valence electrons. The third-order valence-electron chi connectivity index (χ3n) is 5.50. The summed E-state index contributed by atoms with van der Waals surface area (Å²) in [5.41, 5.74) is 0.450. The van der Waals surface area contributed by atoms with Crippen LogP contribution in [0.3, 0.4) is 0 Å². The molecule has 0 bridgehead atoms. The molecule has 0 saturated carbocycles. The molecule has 0 aliphatic heterocycles. The molecule has 0 aliphatic rings. The number of ether oxygens (including phenoxy) is 2. The van der Waals surface area contributed by atoms with Gasteiger partial charge in [-0.15, -0.1) is 0 Å². The molecule has 0 heterocycles. The number of rotatable bonds is 11. The molecule has 0 aliphatic carbocycles. The number of amides is 2. The van der Waals surface area contributed by atoms with E-state index in [0.29, 0.717) is 17.9 Å². The van der Waals surface area contributed by atoms with Gasteiger partial charge in [0.25, 0.3) is 0 Å². The van der Waals surface area contributed by atoms with E-state index in [9.17, 15) is 18.0 Å². The Balaban J connectivity index is 2.48. The van der Waals surface area contributed by atoms with E-state index < -0.39 is 34.1 Å². The van der Waals surface area contributed by atoms with Gasteiger partial charge in [0.15, 0.2) is 0 Å². The van der Waals surface area contributed by atoms with Crippen LogP contribution < -0.4 is 19.1 Å². The quantitative estimate of drug-likeness (QED) is 0.453. The lowest BCUT2D eigenvalue weighted by Crippen LogP contribution is -2.55. The second-order valence-electron chi connectivity index (χ2n) is 9.62. The maximum absolute atomic E-state index is 13.7. The van der Waals surface area contributed by atoms with Gasteiger partial charge >= 0.3 is 0 Å². The topological polar surface area (TPSA) is 105 Å². The van der Waals surface area contributed by atoms with Gasteiger partial charge in [0.2, 0.25) is 21.8 Å². The van der Waals surface area contributed by atoms with Crippen molar-refractivity contribution in [2.24, 2.45) is 0 Å². The summed E-state index contributed by atoms with van der Waals surface area (Å²) in [6.07, 6.45) is 1.34. The minimum absolute atomic E-state index is 0.0971. The smallest absolute Gasteiger partial charge is 0.244 e. The van der Waals surface area contributed by atoms with E-state index in [1.54, 1.807) is 38.3 Å². The van der Waals surface area contributed by atoms with Gasteiger partial charge in [0.05, 0.1) is 31.2 Å². The van der Waals surface area contributed by atoms with Gasteiger partial charge in [-0.25, -0.2) is 8.42 Å². The zero-order valence-electron chi connectivity index (χ0n) is 22.4. The van der Waals surface area contributed by atoms with E-state index in [1.807, 2.05) is 20.8 Å². The zero-order valence-corrected chi connectivity index (χ0v) is 23.9. The molecule has 37 heavy (non-hydrogen) atoms. The van der Waals surface area contributed by atoms with Crippen molar-refractivity contribution in [2.45, 2.75) is 52.2 Å². The molecule has 0 unspecified atom stereocenters. The molecule has 1 N–H and O–H groups in total. The van der Waals surface area contributed by atoms with E-state index in [1.165, 1.54) is 30.2 Å². The molecule has 2 aromatic carbocycles. The highest BCUT2D eigenvalue weighted by atomic mass is 35.5. The first-order valence-electron chi connectivity index (χ1n) is 11.8. The largest absolute Gasteiger partial charge is 0.497 e. The van der Waals surface area contributed by atoms with E-state index in [4.69, 9.17) is 21.1 Å². The van der Waals surface area contributed by atoms with Crippen molar-refractivity contribution in [1.82, 2.24) is 10.2 Å². The molecule has 11 heteroatoms. The van der Waals surface area contributed by atoms with E-state index in [2.05, 4.69) is 5.32 Å². The number of nitrogens with zero attached hydrogens (tertiary/aromatic N) is 2. The number of anilines is 1. The first kappa shape index (κ1) is 30.2. The molecular formula is C26H36ClN3O6S. The van der Waals surface area contributed by atoms with Crippen LogP contribution in [0.5, 0.6) is 11.5 Å². The Kier molecular flexibility index (Phi) is 10.2. The van der Waals surface area contributed by atoms with Crippen LogP contribution in [-0.2, 0) is 26.2 Å². The summed E-state index contributed by atoms with van der Waals surface area (Å²) in [4.78, 5) is 28.4. The van der Waals surface area contributed by atoms with E-state index in [0.717, 1.165) is 16.1 Å². The maximum atomic E-state index is 13.7. The predicted molar refractivity (Wildman–Crippen MR) is 146 cm³/mol. The Morgan fingerprint density at radius 2 is 1.68 bits per heavy atom. The van der Waals surface area contributed by atoms with Crippen LogP contribution in [0.2, 0.25) is 5.02 Å². The standard InChI is InChI=1S/C26H36ClN3O6S/c1-8-22(25(32)28-26(2,3)4)29(16-18-9-12-20(35-5)13-10-18)24(31)17-30(37(7,33)34)19-11-14-23(36-6)21(27)15-19/h9-15,22H,8,16-17H2,1-7H3,(H,28,32)/t22-/m0/s1. The molecule has 2 amide bonds. The Bertz CT molecular complexity index is 1200. The van der Waals surface area contributed by atoms with Gasteiger partial charge in [0, 0.05) is 12.1 Å². The molecule has 1 atom stereocenters. The van der Waals surface area contributed by atoms with Crippen LogP contribution in [0.1, 0.15) is 39.7 Å². The lowest BCUT2D eigenvalue weighted by Gasteiger charge is -2.34. The average Bonchev–Trinajstić information content (AvgIpc) is 2.80. The third-order valence-corrected chi connectivity index (χ3v) is 6.93. The van der Waals surface area contributed by atoms with Crippen LogP contribution in [0, 0.1) is 0 Å². The number of hydrogen-bond donors (Lipinski definition) is 1. The van der Waals surface area contributed by atoms with Crippen LogP contribution in [0.15, 0.2) is 42.5 Å². The summed E-state index contributed by atoms with van der Waals surface area (Å²) < 4.78 is 36.8. The van der Waals surface area contributed by atoms with E-state index >= 15 is 0 Å². The van der Waals surface area contributed by atoms with Crippen molar-refractivity contribution in [3.05, 3.63) is 53.1 Å². The number of carbonyl (C=O) groups is 2. The molecule has 0 spiro atoms. The number of hydrogen-bond acceptors (Lipinski definition) is 6. The first-order valence-corrected chi connectivity index (χ1v) is 14.0. The predicted octanol–water partition coefficient (Wildman–Crippen LogP) is 3.85. The van der Waals surface area contributed by atoms with Crippen molar-refractivity contribution < 1.29 is 27.5 Å². The highest BCUT2D eigenvalue weighted by molar-refractivity contribution is 7.92. The number of carbonyl (C=O) groups excluding carboxylic acids is 2. The van der Waals surface area contributed by atoms with Crippen LogP contribution in [0.4, 0.5) is 5.69 Å². The van der Waals surface area contributed by atoms with Crippen molar-refractivity contribution in [1.29, 1.82) is 0 Å². The van der Waals surface area contributed by atoms with E-state index in [-0.39, 0.29) is 23.2 Å². The van der Waals surface area contributed by atoms with Crippen molar-refractivity contribution in [3.8, 4) is 11.5 Å². The van der Waals surface area contributed by atoms with Crippen LogP contribution in [-0.4, -0.2) is 63.7 Å². The molecule has 9 nitrogen and oxygen atoms in total. The minimum Gasteiger partial charge on any atom is -0.497 e. The normalized spacial score (nSPS) is 12.4. The monoisotopic (exact) mass is 553 g/mol. The molecule has 2 aromatic rings. The van der Waals surface area contributed by atoms with Gasteiger partial charge in [-0.3, -0.25) is 13.9 Å². The van der Waals surface area contributed by atoms with Gasteiger partial charge in [-0.05, 0) is 63.1 Å². The number of nitrogens with one attached hydrogen (secondary N) is 1. The number of benzene rings is 2. The third kappa shape index (κ3) is 8.53. The summed E-state index contributed by atoms with van der Waals surface area (Å²) >= 11 is 6.23. The number of sulfonamides is 1. The second kappa shape index (κ2) is 12.5. The Morgan fingerprint density at radius 3 is 2.14 bits per heavy atom. The Hall–Kier alpha value is -2.98. The Labute approximate surface area is 224 Å². The fourth-order valence-corrected chi connectivity index (χ4v) is 4.82. The number of halogens is 1. The minimum atomic E-state index is -3.88. The summed E-state index contributed by atoms with van der Waals surface area (Å²) in [6, 6.07) is 10.8. The second-order valence-corrected chi connectivity index (χ2v) is 11.9. The van der Waals surface area contributed by atoms with Crippen molar-refractivity contribution in [3.63, 3.8) is 0 Å². The molecule has 2 rings (SSSR count). The van der Waals surface area contributed by atoms with Crippen LogP contribution >= 0.6 is 11.6 Å². The Morgan fingerprint density at radius 1 is 1.05 bits per heavy atom. The fraction of sp³-hybridized carbons (Fsp3) is 0.462. The van der Waals surface area contributed by atoms with Crippen molar-refractivity contribution >= 4 is 39.1 Å². The van der Waals surface area contributed by atoms with Gasteiger partial charge < -0.3 is 19.7 Å². The first-order chi connectivity index (χ1) is 17.2. The summed E-state index contributed by atoms with van der Waals surface area (Å²) in [6.45, 7) is 6.94. The van der Waals surface area contributed by atoms with Crippen molar-refractivity contribution in [2.75, 3.05) is 31.3 Å².